The van der Waals surface area contributed by atoms with Crippen LogP contribution in [-0.4, -0.2) is 5.60 Å². The lowest BCUT2D eigenvalue weighted by atomic mass is 10.0. The smallest absolute Gasteiger partial charge is 0.125 e. The van der Waals surface area contributed by atoms with Crippen LogP contribution in [0.25, 0.3) is 0 Å². The molecule has 1 unspecified atom stereocenters. The molecule has 3 heteroatoms. The average molecular weight is 225 g/mol. The van der Waals surface area contributed by atoms with E-state index in [1.165, 1.54) is 12.1 Å². The van der Waals surface area contributed by atoms with Crippen LogP contribution in [0.5, 0.6) is 5.75 Å². The molecule has 0 aliphatic carbocycles. The summed E-state index contributed by atoms with van der Waals surface area (Å²) in [5.74, 6) is 0.386. The summed E-state index contributed by atoms with van der Waals surface area (Å²) in [6.07, 6.45) is 0.878. The first-order chi connectivity index (χ1) is 7.35. The second-order valence-corrected chi connectivity index (χ2v) is 4.69. The van der Waals surface area contributed by atoms with Crippen LogP contribution in [0, 0.1) is 5.82 Å². The lowest BCUT2D eigenvalue weighted by Gasteiger charge is -2.27. The van der Waals surface area contributed by atoms with Crippen LogP contribution in [0.3, 0.4) is 0 Å². The monoisotopic (exact) mass is 225 g/mol. The Kier molecular flexibility index (Phi) is 3.92. The summed E-state index contributed by atoms with van der Waals surface area (Å²) >= 11 is 0. The fraction of sp³-hybridized carbons (Fsp3) is 0.538. The molecule has 0 saturated carbocycles. The quantitative estimate of drug-likeness (QED) is 0.852. The summed E-state index contributed by atoms with van der Waals surface area (Å²) in [7, 11) is 0. The van der Waals surface area contributed by atoms with Crippen molar-refractivity contribution in [3.8, 4) is 5.75 Å². The third kappa shape index (κ3) is 3.20. The highest BCUT2D eigenvalue weighted by atomic mass is 19.1. The van der Waals surface area contributed by atoms with E-state index >= 15 is 0 Å². The molecule has 0 fully saturated rings. The largest absolute Gasteiger partial charge is 0.488 e. The Morgan fingerprint density at radius 2 is 2.06 bits per heavy atom. The maximum absolute atomic E-state index is 13.1. The van der Waals surface area contributed by atoms with Crippen LogP contribution in [0.1, 0.15) is 45.7 Å². The minimum Gasteiger partial charge on any atom is -0.488 e. The zero-order valence-electron chi connectivity index (χ0n) is 10.4. The molecule has 0 radical (unpaired) electrons. The molecular weight excluding hydrogens is 205 g/mol. The molecule has 0 spiro atoms. The molecule has 0 aliphatic heterocycles. The van der Waals surface area contributed by atoms with Crippen molar-refractivity contribution in [2.45, 2.75) is 45.8 Å². The zero-order chi connectivity index (χ0) is 12.3. The highest BCUT2D eigenvalue weighted by Gasteiger charge is 2.19. The summed E-state index contributed by atoms with van der Waals surface area (Å²) in [5, 5.41) is 0. The number of rotatable bonds is 4. The van der Waals surface area contributed by atoms with Gasteiger partial charge in [0, 0.05) is 11.6 Å². The third-order valence-corrected chi connectivity index (χ3v) is 2.70. The normalized spacial score (nSPS) is 13.6. The van der Waals surface area contributed by atoms with Gasteiger partial charge in [-0.05, 0) is 45.4 Å². The van der Waals surface area contributed by atoms with E-state index in [9.17, 15) is 4.39 Å². The molecule has 0 saturated heterocycles. The van der Waals surface area contributed by atoms with Gasteiger partial charge in [-0.25, -0.2) is 4.39 Å². The number of hydrogen-bond donors (Lipinski definition) is 1. The lowest BCUT2D eigenvalue weighted by Crippen LogP contribution is -2.27. The van der Waals surface area contributed by atoms with Crippen molar-refractivity contribution >= 4 is 0 Å². The van der Waals surface area contributed by atoms with E-state index in [1.54, 1.807) is 6.07 Å². The van der Waals surface area contributed by atoms with Gasteiger partial charge in [-0.1, -0.05) is 6.92 Å². The standard InChI is InChI=1S/C13H20FNO/c1-5-13(3,4)16-12-7-6-10(14)8-11(12)9(2)15/h6-9H,5,15H2,1-4H3. The average Bonchev–Trinajstić information content (AvgIpc) is 2.20. The van der Waals surface area contributed by atoms with Crippen LogP contribution >= 0.6 is 0 Å². The van der Waals surface area contributed by atoms with Crippen molar-refractivity contribution < 1.29 is 9.13 Å². The molecule has 0 bridgehead atoms. The highest BCUT2D eigenvalue weighted by molar-refractivity contribution is 5.36. The predicted molar refractivity (Wildman–Crippen MR) is 64.0 cm³/mol. The van der Waals surface area contributed by atoms with Crippen LogP contribution in [0.15, 0.2) is 18.2 Å². The molecule has 0 heterocycles. The summed E-state index contributed by atoms with van der Waals surface area (Å²) in [6.45, 7) is 7.87. The topological polar surface area (TPSA) is 35.2 Å². The third-order valence-electron chi connectivity index (χ3n) is 2.70. The zero-order valence-corrected chi connectivity index (χ0v) is 10.4. The maximum Gasteiger partial charge on any atom is 0.125 e. The lowest BCUT2D eigenvalue weighted by molar-refractivity contribution is 0.103. The van der Waals surface area contributed by atoms with E-state index in [2.05, 4.69) is 6.92 Å². The van der Waals surface area contributed by atoms with Gasteiger partial charge in [0.25, 0.3) is 0 Å². The van der Waals surface area contributed by atoms with E-state index in [0.717, 1.165) is 6.42 Å². The second-order valence-electron chi connectivity index (χ2n) is 4.69. The molecule has 0 amide bonds. The van der Waals surface area contributed by atoms with E-state index in [1.807, 2.05) is 20.8 Å². The van der Waals surface area contributed by atoms with Crippen molar-refractivity contribution in [2.75, 3.05) is 0 Å². The molecule has 2 N–H and O–H groups in total. The number of halogens is 1. The van der Waals surface area contributed by atoms with Crippen molar-refractivity contribution in [2.24, 2.45) is 5.73 Å². The predicted octanol–water partition coefficient (Wildman–Crippen LogP) is 3.41. The second kappa shape index (κ2) is 4.83. The number of nitrogens with two attached hydrogens (primary N) is 1. The summed E-state index contributed by atoms with van der Waals surface area (Å²) < 4.78 is 19.0. The number of ether oxygens (including phenoxy) is 1. The molecular formula is C13H20FNO. The van der Waals surface area contributed by atoms with Crippen LogP contribution < -0.4 is 10.5 Å². The van der Waals surface area contributed by atoms with Gasteiger partial charge in [0.05, 0.1) is 0 Å². The van der Waals surface area contributed by atoms with Gasteiger partial charge in [-0.15, -0.1) is 0 Å². The minimum atomic E-state index is -0.283. The maximum atomic E-state index is 13.1. The van der Waals surface area contributed by atoms with Crippen molar-refractivity contribution in [3.05, 3.63) is 29.6 Å². The molecule has 0 aromatic heterocycles. The van der Waals surface area contributed by atoms with Crippen molar-refractivity contribution in [3.63, 3.8) is 0 Å². The molecule has 90 valence electrons. The summed E-state index contributed by atoms with van der Waals surface area (Å²) in [6, 6.07) is 4.24. The Hall–Kier alpha value is -1.09. The van der Waals surface area contributed by atoms with Gasteiger partial charge in [0.2, 0.25) is 0 Å². The molecule has 0 aliphatic rings. The van der Waals surface area contributed by atoms with Gasteiger partial charge in [-0.3, -0.25) is 0 Å². The summed E-state index contributed by atoms with van der Waals surface area (Å²) in [4.78, 5) is 0. The highest BCUT2D eigenvalue weighted by Crippen LogP contribution is 2.29. The Labute approximate surface area is 96.6 Å². The fourth-order valence-corrected chi connectivity index (χ4v) is 1.34. The minimum absolute atomic E-state index is 0.238. The van der Waals surface area contributed by atoms with E-state index in [0.29, 0.717) is 11.3 Å². The van der Waals surface area contributed by atoms with Gasteiger partial charge in [-0.2, -0.15) is 0 Å². The molecule has 2 nitrogen and oxygen atoms in total. The molecule has 1 aromatic rings. The SMILES string of the molecule is CCC(C)(C)Oc1ccc(F)cc1C(C)N. The molecule has 1 rings (SSSR count). The van der Waals surface area contributed by atoms with Crippen LogP contribution in [0.2, 0.25) is 0 Å². The van der Waals surface area contributed by atoms with Crippen molar-refractivity contribution in [1.29, 1.82) is 0 Å². The van der Waals surface area contributed by atoms with Crippen molar-refractivity contribution in [1.82, 2.24) is 0 Å². The molecule has 1 aromatic carbocycles. The molecule has 16 heavy (non-hydrogen) atoms. The first kappa shape index (κ1) is 13.0. The van der Waals surface area contributed by atoms with Crippen LogP contribution in [0.4, 0.5) is 4.39 Å². The Balaban J connectivity index is 3.04. The van der Waals surface area contributed by atoms with Gasteiger partial charge < -0.3 is 10.5 Å². The number of hydrogen-bond acceptors (Lipinski definition) is 2. The van der Waals surface area contributed by atoms with E-state index in [-0.39, 0.29) is 17.5 Å². The van der Waals surface area contributed by atoms with Gasteiger partial charge >= 0.3 is 0 Å². The Morgan fingerprint density at radius 1 is 1.44 bits per heavy atom. The Morgan fingerprint density at radius 3 is 2.56 bits per heavy atom. The number of benzene rings is 1. The fourth-order valence-electron chi connectivity index (χ4n) is 1.34. The first-order valence-corrected chi connectivity index (χ1v) is 5.60. The van der Waals surface area contributed by atoms with E-state index < -0.39 is 0 Å². The van der Waals surface area contributed by atoms with E-state index in [4.69, 9.17) is 10.5 Å². The van der Waals surface area contributed by atoms with Crippen LogP contribution in [-0.2, 0) is 0 Å². The Bertz CT molecular complexity index is 361. The van der Waals surface area contributed by atoms with Gasteiger partial charge in [0.15, 0.2) is 0 Å². The first-order valence-electron chi connectivity index (χ1n) is 5.60. The summed E-state index contributed by atoms with van der Waals surface area (Å²) in [5.41, 5.74) is 6.24. The van der Waals surface area contributed by atoms with Gasteiger partial charge in [0.1, 0.15) is 17.2 Å². The molecule has 1 atom stereocenters.